The number of nitrogens with one attached hydrogen (secondary N) is 1. The van der Waals surface area contributed by atoms with Crippen molar-refractivity contribution in [3.05, 3.63) is 22.8 Å². The minimum absolute atomic E-state index is 0.00114. The van der Waals surface area contributed by atoms with Gasteiger partial charge in [-0.05, 0) is 18.1 Å². The van der Waals surface area contributed by atoms with E-state index in [1.807, 2.05) is 0 Å². The zero-order chi connectivity index (χ0) is 13.9. The summed E-state index contributed by atoms with van der Waals surface area (Å²) in [6.45, 7) is 3.72. The number of hydrogen-bond donors (Lipinski definition) is 2. The molecule has 1 unspecified atom stereocenters. The lowest BCUT2D eigenvalue weighted by Gasteiger charge is -2.16. The highest BCUT2D eigenvalue weighted by atomic mass is 35.5. The Morgan fingerprint density at radius 2 is 2.00 bits per heavy atom. The fourth-order valence-corrected chi connectivity index (χ4v) is 1.40. The average molecular weight is 283 g/mol. The zero-order valence-corrected chi connectivity index (χ0v) is 10.7. The molecule has 0 aliphatic heterocycles. The van der Waals surface area contributed by atoms with Crippen LogP contribution in [0.5, 0.6) is 0 Å². The van der Waals surface area contributed by atoms with Gasteiger partial charge in [0.1, 0.15) is 11.0 Å². The number of aromatic nitrogens is 1. The number of pyridine rings is 1. The molecule has 0 aromatic carbocycles. The molecule has 1 rings (SSSR count). The number of aliphatic hydroxyl groups is 1. The average Bonchev–Trinajstić information content (AvgIpc) is 2.23. The first-order valence-electron chi connectivity index (χ1n) is 5.37. The Kier molecular flexibility index (Phi) is 4.81. The Labute approximate surface area is 108 Å². The summed E-state index contributed by atoms with van der Waals surface area (Å²) in [6.07, 6.45) is -5.14. The van der Waals surface area contributed by atoms with E-state index in [9.17, 15) is 18.3 Å². The molecule has 102 valence electrons. The molecule has 7 heteroatoms. The lowest BCUT2D eigenvalue weighted by Crippen LogP contribution is -2.25. The van der Waals surface area contributed by atoms with Crippen LogP contribution in [0, 0.1) is 5.92 Å². The van der Waals surface area contributed by atoms with Gasteiger partial charge in [-0.3, -0.25) is 0 Å². The van der Waals surface area contributed by atoms with Crippen molar-refractivity contribution in [2.75, 3.05) is 11.9 Å². The topological polar surface area (TPSA) is 45.1 Å². The summed E-state index contributed by atoms with van der Waals surface area (Å²) >= 11 is 5.52. The molecule has 3 nitrogen and oxygen atoms in total. The summed E-state index contributed by atoms with van der Waals surface area (Å²) in [4.78, 5) is 3.72. The first-order valence-corrected chi connectivity index (χ1v) is 5.74. The highest BCUT2D eigenvalue weighted by molar-refractivity contribution is 6.29. The standard InChI is InChI=1S/C11H14ClF3N2O/c1-6(2)8(18)5-16-10-4-7(11(13,14)15)3-9(12)17-10/h3-4,6,8,18H,5H2,1-2H3,(H,16,17). The molecule has 1 heterocycles. The molecule has 18 heavy (non-hydrogen) atoms. The van der Waals surface area contributed by atoms with E-state index in [4.69, 9.17) is 11.6 Å². The Bertz CT molecular complexity index is 410. The minimum Gasteiger partial charge on any atom is -0.391 e. The van der Waals surface area contributed by atoms with Crippen LogP contribution in [0.25, 0.3) is 0 Å². The molecule has 0 aliphatic rings. The van der Waals surface area contributed by atoms with Crippen LogP contribution >= 0.6 is 11.6 Å². The van der Waals surface area contributed by atoms with Crippen LogP contribution < -0.4 is 5.32 Å². The second-order valence-corrected chi connectivity index (χ2v) is 4.64. The van der Waals surface area contributed by atoms with Gasteiger partial charge in [-0.1, -0.05) is 25.4 Å². The van der Waals surface area contributed by atoms with E-state index in [2.05, 4.69) is 10.3 Å². The first-order chi connectivity index (χ1) is 8.20. The summed E-state index contributed by atoms with van der Waals surface area (Å²) in [6, 6.07) is 1.62. The SMILES string of the molecule is CC(C)C(O)CNc1cc(C(F)(F)F)cc(Cl)n1. The van der Waals surface area contributed by atoms with Crippen molar-refractivity contribution >= 4 is 17.4 Å². The van der Waals surface area contributed by atoms with Crippen LogP contribution in [-0.2, 0) is 6.18 Å². The molecule has 0 saturated carbocycles. The molecule has 0 spiro atoms. The monoisotopic (exact) mass is 282 g/mol. The smallest absolute Gasteiger partial charge is 0.391 e. The van der Waals surface area contributed by atoms with E-state index < -0.39 is 17.8 Å². The maximum atomic E-state index is 12.5. The van der Waals surface area contributed by atoms with Gasteiger partial charge in [-0.25, -0.2) is 4.98 Å². The van der Waals surface area contributed by atoms with Gasteiger partial charge in [0.05, 0.1) is 11.7 Å². The van der Waals surface area contributed by atoms with Crippen LogP contribution in [0.3, 0.4) is 0 Å². The van der Waals surface area contributed by atoms with Crippen molar-refractivity contribution in [3.8, 4) is 0 Å². The van der Waals surface area contributed by atoms with E-state index in [0.717, 1.165) is 12.1 Å². The molecule has 0 fully saturated rings. The Morgan fingerprint density at radius 3 is 2.50 bits per heavy atom. The van der Waals surface area contributed by atoms with E-state index in [-0.39, 0.29) is 23.4 Å². The van der Waals surface area contributed by atoms with Crippen LogP contribution in [0.15, 0.2) is 12.1 Å². The van der Waals surface area contributed by atoms with Crippen LogP contribution in [0.1, 0.15) is 19.4 Å². The van der Waals surface area contributed by atoms with Crippen LogP contribution in [0.2, 0.25) is 5.15 Å². The van der Waals surface area contributed by atoms with Crippen molar-refractivity contribution in [2.45, 2.75) is 26.1 Å². The highest BCUT2D eigenvalue weighted by Gasteiger charge is 2.31. The fourth-order valence-electron chi connectivity index (χ4n) is 1.20. The molecule has 0 bridgehead atoms. The van der Waals surface area contributed by atoms with E-state index in [0.29, 0.717) is 0 Å². The van der Waals surface area contributed by atoms with E-state index >= 15 is 0 Å². The Hall–Kier alpha value is -1.01. The first kappa shape index (κ1) is 15.0. The summed E-state index contributed by atoms with van der Waals surface area (Å²) in [5, 5.41) is 11.9. The van der Waals surface area contributed by atoms with Gasteiger partial charge in [0.25, 0.3) is 0 Å². The van der Waals surface area contributed by atoms with Gasteiger partial charge in [0, 0.05) is 6.54 Å². The fraction of sp³-hybridized carbons (Fsp3) is 0.545. The molecule has 0 amide bonds. The van der Waals surface area contributed by atoms with Gasteiger partial charge in [-0.2, -0.15) is 13.2 Å². The van der Waals surface area contributed by atoms with Crippen molar-refractivity contribution in [1.82, 2.24) is 4.98 Å². The number of hydrogen-bond acceptors (Lipinski definition) is 3. The number of alkyl halides is 3. The molecular formula is C11H14ClF3N2O. The molecule has 1 atom stereocenters. The second-order valence-electron chi connectivity index (χ2n) is 4.25. The molecule has 0 radical (unpaired) electrons. The molecule has 0 saturated heterocycles. The second kappa shape index (κ2) is 5.75. The van der Waals surface area contributed by atoms with Crippen LogP contribution in [-0.4, -0.2) is 22.7 Å². The number of rotatable bonds is 4. The quantitative estimate of drug-likeness (QED) is 0.834. The third-order valence-electron chi connectivity index (χ3n) is 2.38. The molecule has 1 aromatic heterocycles. The summed E-state index contributed by atoms with van der Waals surface area (Å²) in [7, 11) is 0. The zero-order valence-electron chi connectivity index (χ0n) is 9.92. The van der Waals surface area contributed by atoms with E-state index in [1.54, 1.807) is 13.8 Å². The van der Waals surface area contributed by atoms with Gasteiger partial charge in [0.15, 0.2) is 0 Å². The summed E-state index contributed by atoms with van der Waals surface area (Å²) in [5.74, 6) is -0.00621. The van der Waals surface area contributed by atoms with Gasteiger partial charge in [-0.15, -0.1) is 0 Å². The van der Waals surface area contributed by atoms with Crippen molar-refractivity contribution in [2.24, 2.45) is 5.92 Å². The molecule has 0 aliphatic carbocycles. The highest BCUT2D eigenvalue weighted by Crippen LogP contribution is 2.31. The number of halogens is 4. The number of aliphatic hydroxyl groups excluding tert-OH is 1. The maximum absolute atomic E-state index is 12.5. The van der Waals surface area contributed by atoms with Crippen LogP contribution in [0.4, 0.5) is 19.0 Å². The number of nitrogens with zero attached hydrogens (tertiary/aromatic N) is 1. The van der Waals surface area contributed by atoms with Gasteiger partial charge in [0.2, 0.25) is 0 Å². The number of anilines is 1. The van der Waals surface area contributed by atoms with Crippen molar-refractivity contribution < 1.29 is 18.3 Å². The lowest BCUT2D eigenvalue weighted by atomic mass is 10.1. The third kappa shape index (κ3) is 4.34. The summed E-state index contributed by atoms with van der Waals surface area (Å²) < 4.78 is 37.5. The van der Waals surface area contributed by atoms with E-state index in [1.165, 1.54) is 0 Å². The molecule has 1 aromatic rings. The van der Waals surface area contributed by atoms with Crippen molar-refractivity contribution in [3.63, 3.8) is 0 Å². The third-order valence-corrected chi connectivity index (χ3v) is 2.58. The predicted octanol–water partition coefficient (Wildman–Crippen LogP) is 3.18. The normalized spacial score (nSPS) is 13.8. The van der Waals surface area contributed by atoms with Gasteiger partial charge >= 0.3 is 6.18 Å². The van der Waals surface area contributed by atoms with Gasteiger partial charge < -0.3 is 10.4 Å². The Balaban J connectivity index is 2.81. The molecule has 2 N–H and O–H groups in total. The largest absolute Gasteiger partial charge is 0.416 e. The van der Waals surface area contributed by atoms with Crippen molar-refractivity contribution in [1.29, 1.82) is 0 Å². The minimum atomic E-state index is -4.47. The predicted molar refractivity (Wildman–Crippen MR) is 63.6 cm³/mol. The summed E-state index contributed by atoms with van der Waals surface area (Å²) in [5.41, 5.74) is -0.871. The molecular weight excluding hydrogens is 269 g/mol. The Morgan fingerprint density at radius 1 is 1.39 bits per heavy atom. The lowest BCUT2D eigenvalue weighted by molar-refractivity contribution is -0.137. The maximum Gasteiger partial charge on any atom is 0.416 e.